The van der Waals surface area contributed by atoms with Gasteiger partial charge in [-0.05, 0) is 44.2 Å². The normalized spacial score (nSPS) is 12.4. The lowest BCUT2D eigenvalue weighted by Gasteiger charge is -2.23. The van der Waals surface area contributed by atoms with E-state index < -0.39 is 10.0 Å². The second-order valence-electron chi connectivity index (χ2n) is 5.86. The number of nitrogens with zero attached hydrogens (tertiary/aromatic N) is 1. The molecule has 1 unspecified atom stereocenters. The molecule has 0 spiro atoms. The third-order valence-electron chi connectivity index (χ3n) is 3.81. The Labute approximate surface area is 154 Å². The number of ether oxygens (including phenoxy) is 1. The monoisotopic (exact) mass is 376 g/mol. The van der Waals surface area contributed by atoms with E-state index in [4.69, 9.17) is 4.74 Å². The minimum Gasteiger partial charge on any atom is -0.383 e. The number of para-hydroxylation sites is 1. The third-order valence-corrected chi connectivity index (χ3v) is 5.71. The van der Waals surface area contributed by atoms with Gasteiger partial charge in [-0.2, -0.15) is 0 Å². The summed E-state index contributed by atoms with van der Waals surface area (Å²) in [5, 5.41) is 2.78. The van der Waals surface area contributed by atoms with Gasteiger partial charge in [0.05, 0.1) is 17.2 Å². The first-order valence-corrected chi connectivity index (χ1v) is 9.81. The van der Waals surface area contributed by atoms with E-state index in [9.17, 15) is 13.2 Å². The quantitative estimate of drug-likeness (QED) is 0.768. The van der Waals surface area contributed by atoms with E-state index >= 15 is 0 Å². The minimum absolute atomic E-state index is 0.0789. The Morgan fingerprint density at radius 1 is 1.15 bits per heavy atom. The minimum atomic E-state index is -3.77. The Hall–Kier alpha value is -2.38. The Kier molecular flexibility index (Phi) is 6.76. The molecule has 1 atom stereocenters. The Morgan fingerprint density at radius 3 is 2.46 bits per heavy atom. The van der Waals surface area contributed by atoms with Crippen LogP contribution in [0, 0.1) is 0 Å². The van der Waals surface area contributed by atoms with Crippen LogP contribution < -0.4 is 9.62 Å². The van der Waals surface area contributed by atoms with Crippen molar-refractivity contribution in [3.63, 3.8) is 0 Å². The van der Waals surface area contributed by atoms with Crippen molar-refractivity contribution in [2.45, 2.75) is 24.8 Å². The summed E-state index contributed by atoms with van der Waals surface area (Å²) in [5.74, 6) is -0.339. The molecule has 0 fully saturated rings. The number of rotatable bonds is 8. The lowest BCUT2D eigenvalue weighted by Crippen LogP contribution is -2.36. The SMILES string of the molecule is CCN(c1ccccc1)S(=O)(=O)c1cccc(C(=O)NC(C)COC)c1. The molecule has 0 aliphatic carbocycles. The van der Waals surface area contributed by atoms with Crippen LogP contribution in [-0.2, 0) is 14.8 Å². The molecule has 0 saturated heterocycles. The van der Waals surface area contributed by atoms with Gasteiger partial charge in [0.1, 0.15) is 0 Å². The first-order valence-electron chi connectivity index (χ1n) is 8.37. The number of methoxy groups -OCH3 is 1. The van der Waals surface area contributed by atoms with Crippen LogP contribution in [0.2, 0.25) is 0 Å². The Morgan fingerprint density at radius 2 is 1.85 bits per heavy atom. The van der Waals surface area contributed by atoms with Crippen LogP contribution in [0.1, 0.15) is 24.2 Å². The molecule has 0 bridgehead atoms. The molecule has 0 aliphatic heterocycles. The molecular weight excluding hydrogens is 352 g/mol. The average molecular weight is 376 g/mol. The van der Waals surface area contributed by atoms with Gasteiger partial charge in [-0.3, -0.25) is 9.10 Å². The molecule has 0 radical (unpaired) electrons. The van der Waals surface area contributed by atoms with E-state index in [1.165, 1.54) is 16.4 Å². The van der Waals surface area contributed by atoms with E-state index in [-0.39, 0.29) is 29.0 Å². The van der Waals surface area contributed by atoms with Crippen molar-refractivity contribution in [2.75, 3.05) is 24.6 Å². The number of hydrogen-bond acceptors (Lipinski definition) is 4. The van der Waals surface area contributed by atoms with E-state index in [0.29, 0.717) is 12.3 Å². The first kappa shape index (κ1) is 19.9. The van der Waals surface area contributed by atoms with Crippen molar-refractivity contribution in [2.24, 2.45) is 0 Å². The van der Waals surface area contributed by atoms with Gasteiger partial charge in [-0.25, -0.2) is 8.42 Å². The standard InChI is InChI=1S/C19H24N2O4S/c1-4-21(17-10-6-5-7-11-17)26(23,24)18-12-8-9-16(13-18)19(22)20-15(2)14-25-3/h5-13,15H,4,14H2,1-3H3,(H,20,22). The highest BCUT2D eigenvalue weighted by Crippen LogP contribution is 2.23. The fourth-order valence-electron chi connectivity index (χ4n) is 2.61. The molecule has 2 aromatic carbocycles. The number of carbonyl (C=O) groups excluding carboxylic acids is 1. The predicted molar refractivity (Wildman–Crippen MR) is 102 cm³/mol. The maximum absolute atomic E-state index is 13.0. The summed E-state index contributed by atoms with van der Waals surface area (Å²) in [7, 11) is -2.22. The van der Waals surface area contributed by atoms with Crippen LogP contribution >= 0.6 is 0 Å². The third kappa shape index (κ3) is 4.62. The van der Waals surface area contributed by atoms with Gasteiger partial charge in [0.2, 0.25) is 0 Å². The van der Waals surface area contributed by atoms with E-state index in [1.807, 2.05) is 13.0 Å². The summed E-state index contributed by atoms with van der Waals surface area (Å²) < 4.78 is 32.4. The molecule has 2 aromatic rings. The average Bonchev–Trinajstić information content (AvgIpc) is 2.63. The Bertz CT molecular complexity index is 838. The van der Waals surface area contributed by atoms with Crippen molar-refractivity contribution >= 4 is 21.6 Å². The number of benzene rings is 2. The second-order valence-corrected chi connectivity index (χ2v) is 7.73. The zero-order valence-electron chi connectivity index (χ0n) is 15.2. The summed E-state index contributed by atoms with van der Waals surface area (Å²) in [6.45, 7) is 4.25. The molecule has 1 amide bonds. The fourth-order valence-corrected chi connectivity index (χ4v) is 4.13. The number of carbonyl (C=O) groups is 1. The van der Waals surface area contributed by atoms with Crippen LogP contribution in [0.5, 0.6) is 0 Å². The second kappa shape index (κ2) is 8.82. The molecule has 0 aromatic heterocycles. The first-order chi connectivity index (χ1) is 12.4. The maximum atomic E-state index is 13.0. The van der Waals surface area contributed by atoms with Crippen molar-refractivity contribution in [1.82, 2.24) is 5.32 Å². The summed E-state index contributed by atoms with van der Waals surface area (Å²) >= 11 is 0. The molecule has 1 N–H and O–H groups in total. The summed E-state index contributed by atoms with van der Waals surface area (Å²) in [4.78, 5) is 12.4. The Balaban J connectivity index is 2.31. The molecule has 0 saturated carbocycles. The molecule has 26 heavy (non-hydrogen) atoms. The number of nitrogens with one attached hydrogen (secondary N) is 1. The predicted octanol–water partition coefficient (Wildman–Crippen LogP) is 2.67. The van der Waals surface area contributed by atoms with E-state index in [2.05, 4.69) is 5.32 Å². The van der Waals surface area contributed by atoms with Crippen molar-refractivity contribution in [3.8, 4) is 0 Å². The smallest absolute Gasteiger partial charge is 0.264 e. The van der Waals surface area contributed by atoms with Crippen LogP contribution in [0.15, 0.2) is 59.5 Å². The zero-order valence-corrected chi connectivity index (χ0v) is 16.0. The van der Waals surface area contributed by atoms with Gasteiger partial charge in [-0.1, -0.05) is 24.3 Å². The zero-order chi connectivity index (χ0) is 19.2. The van der Waals surface area contributed by atoms with Crippen LogP contribution in [-0.4, -0.2) is 40.6 Å². The van der Waals surface area contributed by atoms with Gasteiger partial charge in [0.15, 0.2) is 0 Å². The molecule has 2 rings (SSSR count). The highest BCUT2D eigenvalue weighted by molar-refractivity contribution is 7.92. The summed E-state index contributed by atoms with van der Waals surface area (Å²) in [6.07, 6.45) is 0. The highest BCUT2D eigenvalue weighted by atomic mass is 32.2. The number of hydrogen-bond donors (Lipinski definition) is 1. The van der Waals surface area contributed by atoms with Crippen molar-refractivity contribution in [3.05, 3.63) is 60.2 Å². The molecule has 6 nitrogen and oxygen atoms in total. The van der Waals surface area contributed by atoms with Gasteiger partial charge in [0, 0.05) is 25.3 Å². The topological polar surface area (TPSA) is 75.7 Å². The lowest BCUT2D eigenvalue weighted by molar-refractivity contribution is 0.0905. The van der Waals surface area contributed by atoms with Gasteiger partial charge in [0.25, 0.3) is 15.9 Å². The van der Waals surface area contributed by atoms with Crippen LogP contribution in [0.4, 0.5) is 5.69 Å². The fraction of sp³-hybridized carbons (Fsp3) is 0.316. The molecule has 7 heteroatoms. The van der Waals surface area contributed by atoms with Crippen molar-refractivity contribution < 1.29 is 17.9 Å². The lowest BCUT2D eigenvalue weighted by atomic mass is 10.2. The summed E-state index contributed by atoms with van der Waals surface area (Å²) in [6, 6.07) is 14.8. The highest BCUT2D eigenvalue weighted by Gasteiger charge is 2.24. The van der Waals surface area contributed by atoms with E-state index in [1.54, 1.807) is 50.4 Å². The number of sulfonamides is 1. The van der Waals surface area contributed by atoms with Crippen LogP contribution in [0.25, 0.3) is 0 Å². The van der Waals surface area contributed by atoms with Gasteiger partial charge < -0.3 is 10.1 Å². The van der Waals surface area contributed by atoms with Crippen LogP contribution in [0.3, 0.4) is 0 Å². The number of anilines is 1. The van der Waals surface area contributed by atoms with Gasteiger partial charge >= 0.3 is 0 Å². The van der Waals surface area contributed by atoms with E-state index in [0.717, 1.165) is 0 Å². The maximum Gasteiger partial charge on any atom is 0.264 e. The molecule has 140 valence electrons. The largest absolute Gasteiger partial charge is 0.383 e. The number of amides is 1. The van der Waals surface area contributed by atoms with Crippen molar-refractivity contribution in [1.29, 1.82) is 0 Å². The molecular formula is C19H24N2O4S. The molecule has 0 heterocycles. The molecule has 0 aliphatic rings. The van der Waals surface area contributed by atoms with Gasteiger partial charge in [-0.15, -0.1) is 0 Å². The summed E-state index contributed by atoms with van der Waals surface area (Å²) in [5.41, 5.74) is 0.872.